The van der Waals surface area contributed by atoms with E-state index in [1.165, 1.54) is 24.5 Å². The highest BCUT2D eigenvalue weighted by atomic mass is 32.1. The van der Waals surface area contributed by atoms with Crippen molar-refractivity contribution in [3.8, 4) is 10.7 Å². The van der Waals surface area contributed by atoms with Gasteiger partial charge in [0.2, 0.25) is 5.79 Å². The molecule has 1 amide bonds. The molecule has 4 heterocycles. The number of halogens is 1. The van der Waals surface area contributed by atoms with Crippen molar-refractivity contribution in [1.82, 2.24) is 19.7 Å². The summed E-state index contributed by atoms with van der Waals surface area (Å²) in [6.07, 6.45) is 5.46. The number of rotatable bonds is 5. The zero-order valence-corrected chi connectivity index (χ0v) is 17.3. The number of carbonyl (C=O) groups excluding carboxylic acids is 1. The summed E-state index contributed by atoms with van der Waals surface area (Å²) in [6, 6.07) is 2.75. The van der Waals surface area contributed by atoms with E-state index in [-0.39, 0.29) is 21.4 Å². The van der Waals surface area contributed by atoms with Crippen LogP contribution in [0.15, 0.2) is 24.5 Å². The number of aromatic nitrogens is 4. The molecule has 30 heavy (non-hydrogen) atoms. The number of carbonyl (C=O) groups is 1. The largest absolute Gasteiger partial charge is 0.389 e. The topological polar surface area (TPSA) is 117 Å². The Bertz CT molecular complexity index is 1080. The van der Waals surface area contributed by atoms with Crippen LogP contribution in [-0.2, 0) is 22.3 Å². The van der Waals surface area contributed by atoms with Gasteiger partial charge >= 0.3 is 0 Å². The lowest BCUT2D eigenvalue weighted by molar-refractivity contribution is -0.255. The fourth-order valence-corrected chi connectivity index (χ4v) is 4.34. The molecule has 0 spiro atoms. The van der Waals surface area contributed by atoms with E-state index in [1.807, 2.05) is 0 Å². The molecule has 0 radical (unpaired) electrons. The maximum Gasteiger partial charge on any atom is 0.277 e. The van der Waals surface area contributed by atoms with Crippen LogP contribution < -0.4 is 11.1 Å². The van der Waals surface area contributed by atoms with Crippen molar-refractivity contribution >= 4 is 27.9 Å². The minimum absolute atomic E-state index is 0.00844. The lowest BCUT2D eigenvalue weighted by atomic mass is 10.0. The molecule has 0 bridgehead atoms. The minimum atomic E-state index is -0.998. The van der Waals surface area contributed by atoms with Crippen LogP contribution in [0.3, 0.4) is 0 Å². The van der Waals surface area contributed by atoms with Gasteiger partial charge in [0.1, 0.15) is 21.4 Å². The van der Waals surface area contributed by atoms with Gasteiger partial charge in [-0.2, -0.15) is 5.10 Å². The summed E-state index contributed by atoms with van der Waals surface area (Å²) in [4.78, 5) is 21.1. The molecule has 0 aliphatic carbocycles. The zero-order valence-electron chi connectivity index (χ0n) is 16.5. The van der Waals surface area contributed by atoms with Crippen LogP contribution in [0.2, 0.25) is 0 Å². The Hall–Kier alpha value is -2.89. The molecule has 9 nitrogen and oxygen atoms in total. The maximum absolute atomic E-state index is 14.0. The van der Waals surface area contributed by atoms with Gasteiger partial charge in [0, 0.05) is 26.8 Å². The highest BCUT2D eigenvalue weighted by Gasteiger charge is 2.41. The molecule has 11 heteroatoms. The van der Waals surface area contributed by atoms with E-state index in [1.54, 1.807) is 18.8 Å². The molecule has 3 aromatic heterocycles. The van der Waals surface area contributed by atoms with Gasteiger partial charge in [-0.1, -0.05) is 11.3 Å². The summed E-state index contributed by atoms with van der Waals surface area (Å²) < 4.78 is 27.3. The third-order valence-corrected chi connectivity index (χ3v) is 5.83. The molecule has 1 atom stereocenters. The average molecular weight is 432 g/mol. The Morgan fingerprint density at radius 3 is 3.00 bits per heavy atom. The summed E-state index contributed by atoms with van der Waals surface area (Å²) in [6.45, 7) is 0.546. The quantitative estimate of drug-likeness (QED) is 0.636. The third kappa shape index (κ3) is 3.55. The molecule has 1 saturated heterocycles. The van der Waals surface area contributed by atoms with Crippen LogP contribution in [-0.4, -0.2) is 39.4 Å². The summed E-state index contributed by atoms with van der Waals surface area (Å²) in [7, 11) is 3.32. The first kappa shape index (κ1) is 20.4. The second-order valence-electron chi connectivity index (χ2n) is 6.81. The number of nitrogen functional groups attached to an aromatic ring is 1. The molecular formula is C19H21FN6O3S. The highest BCUT2D eigenvalue weighted by molar-refractivity contribution is 7.19. The molecule has 1 unspecified atom stereocenters. The Kier molecular flexibility index (Phi) is 5.50. The molecule has 4 rings (SSSR count). The first-order valence-corrected chi connectivity index (χ1v) is 10.2. The third-order valence-electron chi connectivity index (χ3n) is 4.94. The van der Waals surface area contributed by atoms with Gasteiger partial charge in [0.25, 0.3) is 5.91 Å². The summed E-state index contributed by atoms with van der Waals surface area (Å²) in [5.74, 6) is -2.07. The normalized spacial score (nSPS) is 19.0. The van der Waals surface area contributed by atoms with Crippen LogP contribution in [0.1, 0.15) is 35.4 Å². The highest BCUT2D eigenvalue weighted by Crippen LogP contribution is 2.39. The molecule has 3 aromatic rings. The van der Waals surface area contributed by atoms with Crippen molar-refractivity contribution in [2.24, 2.45) is 7.05 Å². The Morgan fingerprint density at radius 2 is 2.30 bits per heavy atom. The second kappa shape index (κ2) is 8.09. The van der Waals surface area contributed by atoms with E-state index in [4.69, 9.17) is 15.2 Å². The maximum atomic E-state index is 14.0. The van der Waals surface area contributed by atoms with E-state index in [0.29, 0.717) is 24.4 Å². The fraction of sp³-hybridized carbons (Fsp3) is 0.368. The number of pyridine rings is 1. The molecular weight excluding hydrogens is 411 g/mol. The van der Waals surface area contributed by atoms with E-state index >= 15 is 0 Å². The lowest BCUT2D eigenvalue weighted by Gasteiger charge is -2.36. The predicted molar refractivity (Wildman–Crippen MR) is 109 cm³/mol. The van der Waals surface area contributed by atoms with Gasteiger partial charge in [-0.15, -0.1) is 0 Å². The average Bonchev–Trinajstić information content (AvgIpc) is 3.31. The predicted octanol–water partition coefficient (Wildman–Crippen LogP) is 2.91. The van der Waals surface area contributed by atoms with Gasteiger partial charge in [-0.25, -0.2) is 9.37 Å². The number of methoxy groups -OCH3 is 1. The molecule has 0 aromatic carbocycles. The number of anilines is 2. The first-order chi connectivity index (χ1) is 14.4. The summed E-state index contributed by atoms with van der Waals surface area (Å²) in [5.41, 5.74) is 7.07. The van der Waals surface area contributed by atoms with E-state index < -0.39 is 17.5 Å². The number of ether oxygens (including phenoxy) is 2. The van der Waals surface area contributed by atoms with Crippen molar-refractivity contribution in [2.45, 2.75) is 25.0 Å². The Balaban J connectivity index is 1.64. The number of aryl methyl sites for hydroxylation is 1. The van der Waals surface area contributed by atoms with Gasteiger partial charge in [-0.05, 0) is 25.0 Å². The first-order valence-electron chi connectivity index (χ1n) is 9.35. The van der Waals surface area contributed by atoms with Crippen LogP contribution >= 0.6 is 11.3 Å². The number of nitrogens with two attached hydrogens (primary N) is 1. The van der Waals surface area contributed by atoms with Crippen molar-refractivity contribution in [1.29, 1.82) is 0 Å². The summed E-state index contributed by atoms with van der Waals surface area (Å²) in [5, 5.41) is 7.43. The minimum Gasteiger partial charge on any atom is -0.389 e. The lowest BCUT2D eigenvalue weighted by Crippen LogP contribution is -2.38. The molecule has 1 aliphatic heterocycles. The summed E-state index contributed by atoms with van der Waals surface area (Å²) >= 11 is 0.995. The van der Waals surface area contributed by atoms with E-state index in [2.05, 4.69) is 20.4 Å². The van der Waals surface area contributed by atoms with Crippen LogP contribution in [0.5, 0.6) is 0 Å². The van der Waals surface area contributed by atoms with Crippen LogP contribution in [0.25, 0.3) is 10.7 Å². The van der Waals surface area contributed by atoms with Crippen molar-refractivity contribution in [3.05, 3.63) is 41.7 Å². The number of hydrogen-bond acceptors (Lipinski definition) is 8. The number of thiazole rings is 1. The Labute approximate surface area is 176 Å². The number of hydrogen-bond donors (Lipinski definition) is 2. The molecule has 3 N–H and O–H groups in total. The second-order valence-corrected chi connectivity index (χ2v) is 7.84. The number of amides is 1. The van der Waals surface area contributed by atoms with Crippen molar-refractivity contribution in [3.63, 3.8) is 0 Å². The number of nitrogens with one attached hydrogen (secondary N) is 1. The Morgan fingerprint density at radius 1 is 1.47 bits per heavy atom. The van der Waals surface area contributed by atoms with Crippen molar-refractivity contribution in [2.75, 3.05) is 24.8 Å². The van der Waals surface area contributed by atoms with Crippen LogP contribution in [0.4, 0.5) is 15.1 Å². The number of nitrogens with zero attached hydrogens (tertiary/aromatic N) is 4. The van der Waals surface area contributed by atoms with Gasteiger partial charge in [0.15, 0.2) is 11.5 Å². The smallest absolute Gasteiger partial charge is 0.277 e. The fourth-order valence-electron chi connectivity index (χ4n) is 3.51. The molecule has 158 valence electrons. The van der Waals surface area contributed by atoms with E-state index in [9.17, 15) is 9.18 Å². The SMILES string of the molecule is COC1(c2c(NC(=O)c3nc(-c4ncccc4F)sc3N)cnn2C)CCCCO1. The standard InChI is InChI=1S/C19H21FN6O3S/c1-26-15(19(28-2)7-3-4-9-29-19)12(10-23-26)24-17(27)14-16(21)30-18(25-14)13-11(20)6-5-8-22-13/h5-6,8,10H,3-4,7,9,21H2,1-2H3,(H,24,27). The molecule has 1 aliphatic rings. The zero-order chi connectivity index (χ0) is 21.3. The van der Waals surface area contributed by atoms with Crippen LogP contribution in [0, 0.1) is 5.82 Å². The molecule has 0 saturated carbocycles. The van der Waals surface area contributed by atoms with Gasteiger partial charge < -0.3 is 20.5 Å². The van der Waals surface area contributed by atoms with Crippen molar-refractivity contribution < 1.29 is 18.7 Å². The van der Waals surface area contributed by atoms with E-state index in [0.717, 1.165) is 24.2 Å². The monoisotopic (exact) mass is 432 g/mol. The van der Waals surface area contributed by atoms with Gasteiger partial charge in [-0.3, -0.25) is 14.5 Å². The molecule has 1 fully saturated rings. The van der Waals surface area contributed by atoms with Gasteiger partial charge in [0.05, 0.1) is 18.5 Å².